The van der Waals surface area contributed by atoms with Crippen molar-refractivity contribution in [3.05, 3.63) is 58.5 Å². The highest BCUT2D eigenvalue weighted by atomic mass is 14.2. The van der Waals surface area contributed by atoms with Gasteiger partial charge in [0.25, 0.3) is 0 Å². The van der Waals surface area contributed by atoms with Crippen LogP contribution in [0.2, 0.25) is 0 Å². The number of fused-ring (bicyclic) bond motifs is 2. The third-order valence-electron chi connectivity index (χ3n) is 2.94. The Morgan fingerprint density at radius 1 is 1.14 bits per heavy atom. The Morgan fingerprint density at radius 2 is 2.07 bits per heavy atom. The fraction of sp³-hybridized carbons (Fsp3) is 0.143. The summed E-state index contributed by atoms with van der Waals surface area (Å²) in [5, 5.41) is 2.79. The van der Waals surface area contributed by atoms with E-state index in [1.165, 1.54) is 21.6 Å². The van der Waals surface area contributed by atoms with Crippen molar-refractivity contribution in [1.29, 1.82) is 0 Å². The van der Waals surface area contributed by atoms with E-state index < -0.39 is 0 Å². The van der Waals surface area contributed by atoms with Crippen molar-refractivity contribution in [2.75, 3.05) is 0 Å². The smallest absolute Gasteiger partial charge is 0.0216 e. The minimum absolute atomic E-state index is 0.511. The van der Waals surface area contributed by atoms with Crippen molar-refractivity contribution in [1.82, 2.24) is 0 Å². The highest BCUT2D eigenvalue weighted by Crippen LogP contribution is 2.21. The van der Waals surface area contributed by atoms with Crippen molar-refractivity contribution >= 4 is 11.6 Å². The van der Waals surface area contributed by atoms with E-state index in [9.17, 15) is 0 Å². The first-order chi connectivity index (χ1) is 6.84. The van der Waals surface area contributed by atoms with Crippen LogP contribution in [0.4, 0.5) is 0 Å². The number of hydrogen-bond donors (Lipinski definition) is 0. The van der Waals surface area contributed by atoms with Crippen LogP contribution in [0.15, 0.2) is 42.5 Å². The SMILES string of the molecule is Cc1ccc2c(c1)=CC1C=CC=CC=21. The second-order valence-electron chi connectivity index (χ2n) is 3.98. The van der Waals surface area contributed by atoms with E-state index in [1.54, 1.807) is 0 Å². The first kappa shape index (κ1) is 7.81. The molecule has 1 unspecified atom stereocenters. The lowest BCUT2D eigenvalue weighted by Gasteiger charge is -2.07. The van der Waals surface area contributed by atoms with E-state index in [0.717, 1.165) is 0 Å². The minimum Gasteiger partial charge on any atom is -0.0732 e. The Labute approximate surface area is 83.6 Å². The summed E-state index contributed by atoms with van der Waals surface area (Å²) in [5.74, 6) is 0.511. The summed E-state index contributed by atoms with van der Waals surface area (Å²) in [6.07, 6.45) is 11.1. The molecule has 68 valence electrons. The second-order valence-corrected chi connectivity index (χ2v) is 3.98. The van der Waals surface area contributed by atoms with Crippen molar-refractivity contribution in [2.24, 2.45) is 5.92 Å². The van der Waals surface area contributed by atoms with E-state index in [2.05, 4.69) is 55.5 Å². The molecule has 14 heavy (non-hydrogen) atoms. The summed E-state index contributed by atoms with van der Waals surface area (Å²) in [4.78, 5) is 0. The summed E-state index contributed by atoms with van der Waals surface area (Å²) in [7, 11) is 0. The van der Waals surface area contributed by atoms with Crippen LogP contribution in [0.5, 0.6) is 0 Å². The summed E-state index contributed by atoms with van der Waals surface area (Å²) < 4.78 is 0. The quantitative estimate of drug-likeness (QED) is 0.570. The summed E-state index contributed by atoms with van der Waals surface area (Å²) in [6.45, 7) is 2.15. The Morgan fingerprint density at radius 3 is 3.00 bits per heavy atom. The monoisotopic (exact) mass is 180 g/mol. The largest absolute Gasteiger partial charge is 0.0732 e. The summed E-state index contributed by atoms with van der Waals surface area (Å²) in [6, 6.07) is 6.69. The van der Waals surface area contributed by atoms with Gasteiger partial charge in [-0.15, -0.1) is 0 Å². The number of allylic oxidation sites excluding steroid dienone is 4. The van der Waals surface area contributed by atoms with Gasteiger partial charge in [0.1, 0.15) is 0 Å². The lowest BCUT2D eigenvalue weighted by molar-refractivity contribution is 1.18. The van der Waals surface area contributed by atoms with Crippen LogP contribution in [-0.2, 0) is 0 Å². The van der Waals surface area contributed by atoms with Gasteiger partial charge in [0.15, 0.2) is 0 Å². The molecule has 2 aliphatic rings. The molecule has 1 aromatic rings. The van der Waals surface area contributed by atoms with Gasteiger partial charge in [0.05, 0.1) is 0 Å². The van der Waals surface area contributed by atoms with E-state index in [4.69, 9.17) is 0 Å². The molecule has 1 aromatic carbocycles. The molecule has 0 heteroatoms. The van der Waals surface area contributed by atoms with Gasteiger partial charge in [-0.2, -0.15) is 0 Å². The molecule has 0 aromatic heterocycles. The first-order valence-corrected chi connectivity index (χ1v) is 5.02. The summed E-state index contributed by atoms with van der Waals surface area (Å²) in [5.41, 5.74) is 2.79. The lowest BCUT2D eigenvalue weighted by Crippen LogP contribution is -2.22. The van der Waals surface area contributed by atoms with E-state index in [0.29, 0.717) is 5.92 Å². The normalized spacial score (nSPS) is 21.8. The molecule has 0 fully saturated rings. The third-order valence-corrected chi connectivity index (χ3v) is 2.94. The van der Waals surface area contributed by atoms with Crippen LogP contribution in [0, 0.1) is 12.8 Å². The maximum atomic E-state index is 2.34. The minimum atomic E-state index is 0.511. The average molecular weight is 180 g/mol. The number of aryl methyl sites for hydroxylation is 1. The standard InChI is InChI=1S/C14H12/c1-10-6-7-14-12(8-10)9-11-4-2-3-5-13(11)14/h2-9,11H,1H3. The van der Waals surface area contributed by atoms with Crippen LogP contribution in [0.3, 0.4) is 0 Å². The van der Waals surface area contributed by atoms with Crippen molar-refractivity contribution < 1.29 is 0 Å². The van der Waals surface area contributed by atoms with E-state index in [-0.39, 0.29) is 0 Å². The van der Waals surface area contributed by atoms with Gasteiger partial charge in [-0.1, -0.05) is 54.1 Å². The highest BCUT2D eigenvalue weighted by Gasteiger charge is 2.14. The Balaban J connectivity index is 2.40. The fourth-order valence-corrected chi connectivity index (χ4v) is 2.25. The molecule has 0 saturated carbocycles. The molecule has 0 saturated heterocycles. The number of rotatable bonds is 0. The predicted molar refractivity (Wildman–Crippen MR) is 60.1 cm³/mol. The molecule has 0 aliphatic heterocycles. The highest BCUT2D eigenvalue weighted by molar-refractivity contribution is 5.74. The molecule has 0 bridgehead atoms. The van der Waals surface area contributed by atoms with Crippen LogP contribution >= 0.6 is 0 Å². The van der Waals surface area contributed by atoms with Crippen LogP contribution in [0.1, 0.15) is 5.56 Å². The zero-order valence-corrected chi connectivity index (χ0v) is 8.20. The number of benzene rings is 1. The van der Waals surface area contributed by atoms with Gasteiger partial charge >= 0.3 is 0 Å². The molecular weight excluding hydrogens is 168 g/mol. The zero-order chi connectivity index (χ0) is 9.54. The van der Waals surface area contributed by atoms with Gasteiger partial charge in [-0.25, -0.2) is 0 Å². The molecule has 0 N–H and O–H groups in total. The molecular formula is C14H12. The fourth-order valence-electron chi connectivity index (χ4n) is 2.25. The maximum absolute atomic E-state index is 2.34. The average Bonchev–Trinajstić information content (AvgIpc) is 2.54. The number of hydrogen-bond acceptors (Lipinski definition) is 0. The zero-order valence-electron chi connectivity index (χ0n) is 8.20. The maximum Gasteiger partial charge on any atom is 0.0216 e. The van der Waals surface area contributed by atoms with Crippen LogP contribution < -0.4 is 10.4 Å². The Hall–Kier alpha value is -1.56. The third kappa shape index (κ3) is 1.00. The Bertz CT molecular complexity index is 556. The molecule has 0 nitrogen and oxygen atoms in total. The van der Waals surface area contributed by atoms with Crippen LogP contribution in [0.25, 0.3) is 11.6 Å². The van der Waals surface area contributed by atoms with Crippen molar-refractivity contribution in [2.45, 2.75) is 6.92 Å². The molecule has 2 aliphatic carbocycles. The van der Waals surface area contributed by atoms with E-state index in [1.807, 2.05) is 0 Å². The topological polar surface area (TPSA) is 0 Å². The van der Waals surface area contributed by atoms with Gasteiger partial charge in [0.2, 0.25) is 0 Å². The molecule has 1 atom stereocenters. The van der Waals surface area contributed by atoms with Gasteiger partial charge in [-0.05, 0) is 22.9 Å². The molecule has 0 spiro atoms. The van der Waals surface area contributed by atoms with Crippen molar-refractivity contribution in [3.63, 3.8) is 0 Å². The lowest BCUT2D eigenvalue weighted by atomic mass is 9.97. The van der Waals surface area contributed by atoms with Crippen LogP contribution in [-0.4, -0.2) is 0 Å². The summed E-state index contributed by atoms with van der Waals surface area (Å²) >= 11 is 0. The van der Waals surface area contributed by atoms with Crippen molar-refractivity contribution in [3.8, 4) is 0 Å². The molecule has 0 heterocycles. The second kappa shape index (κ2) is 2.71. The Kier molecular flexibility index (Phi) is 1.51. The molecule has 0 amide bonds. The van der Waals surface area contributed by atoms with E-state index >= 15 is 0 Å². The molecule has 0 radical (unpaired) electrons. The first-order valence-electron chi connectivity index (χ1n) is 5.02. The predicted octanol–water partition coefficient (Wildman–Crippen LogP) is 1.68. The van der Waals surface area contributed by atoms with Gasteiger partial charge in [-0.3, -0.25) is 0 Å². The van der Waals surface area contributed by atoms with Gasteiger partial charge < -0.3 is 0 Å². The molecule has 3 rings (SSSR count). The van der Waals surface area contributed by atoms with Gasteiger partial charge in [0, 0.05) is 5.92 Å².